The maximum atomic E-state index is 12.0. The predicted octanol–water partition coefficient (Wildman–Crippen LogP) is 4.11. The lowest BCUT2D eigenvalue weighted by Crippen LogP contribution is -2.32. The summed E-state index contributed by atoms with van der Waals surface area (Å²) in [6, 6.07) is 6.36. The van der Waals surface area contributed by atoms with Gasteiger partial charge in [-0.2, -0.15) is 0 Å². The number of rotatable bonds is 6. The fourth-order valence-electron chi connectivity index (χ4n) is 1.91. The van der Waals surface area contributed by atoms with Crippen LogP contribution in [0.5, 0.6) is 5.75 Å². The van der Waals surface area contributed by atoms with Crippen LogP contribution in [-0.2, 0) is 6.54 Å². The van der Waals surface area contributed by atoms with Crippen LogP contribution in [0.3, 0.4) is 0 Å². The number of hydrogen-bond donors (Lipinski definition) is 1. The maximum absolute atomic E-state index is 12.0. The fraction of sp³-hybridized carbons (Fsp3) is 0.571. The second-order valence-electron chi connectivity index (χ2n) is 4.83. The molecule has 0 aromatic heterocycles. The Hall–Kier alpha value is -1.23. The molecule has 0 saturated carbocycles. The van der Waals surface area contributed by atoms with Crippen molar-refractivity contribution in [3.63, 3.8) is 0 Å². The summed E-state index contributed by atoms with van der Waals surface area (Å²) >= 11 is 0. The largest absolute Gasteiger partial charge is 0.573 e. The first-order valence-corrected chi connectivity index (χ1v) is 6.40. The van der Waals surface area contributed by atoms with Gasteiger partial charge in [0.1, 0.15) is 5.75 Å². The lowest BCUT2D eigenvalue weighted by molar-refractivity contribution is -0.274. The Morgan fingerprint density at radius 2 is 1.74 bits per heavy atom. The first kappa shape index (κ1) is 15.8. The summed E-state index contributed by atoms with van der Waals surface area (Å²) in [5.41, 5.74) is 0.939. The summed E-state index contributed by atoms with van der Waals surface area (Å²) in [6.45, 7) is 7.03. The van der Waals surface area contributed by atoms with E-state index in [-0.39, 0.29) is 5.75 Å². The molecular weight excluding hydrogens is 255 g/mol. The lowest BCUT2D eigenvalue weighted by Gasteiger charge is -2.20. The van der Waals surface area contributed by atoms with Gasteiger partial charge in [-0.05, 0) is 30.0 Å². The summed E-state index contributed by atoms with van der Waals surface area (Å²) in [5.74, 6) is 0.338. The van der Waals surface area contributed by atoms with Crippen molar-refractivity contribution in [2.45, 2.75) is 46.1 Å². The Labute approximate surface area is 112 Å². The smallest absolute Gasteiger partial charge is 0.406 e. The molecule has 0 aliphatic heterocycles. The monoisotopic (exact) mass is 275 g/mol. The number of nitrogens with one attached hydrogen (secondary N) is 1. The highest BCUT2D eigenvalue weighted by Crippen LogP contribution is 2.22. The Kier molecular flexibility index (Phi) is 5.66. The van der Waals surface area contributed by atoms with Crippen molar-refractivity contribution < 1.29 is 17.9 Å². The van der Waals surface area contributed by atoms with Gasteiger partial charge >= 0.3 is 6.36 Å². The predicted molar refractivity (Wildman–Crippen MR) is 68.9 cm³/mol. The van der Waals surface area contributed by atoms with Crippen LogP contribution >= 0.6 is 0 Å². The average molecular weight is 275 g/mol. The van der Waals surface area contributed by atoms with Crippen LogP contribution in [-0.4, -0.2) is 12.4 Å². The molecule has 5 heteroatoms. The molecule has 1 rings (SSSR count). The third-order valence-corrected chi connectivity index (χ3v) is 2.97. The summed E-state index contributed by atoms with van der Waals surface area (Å²) < 4.78 is 39.8. The van der Waals surface area contributed by atoms with E-state index in [2.05, 4.69) is 30.8 Å². The van der Waals surface area contributed by atoms with E-state index < -0.39 is 6.36 Å². The quantitative estimate of drug-likeness (QED) is 0.843. The highest BCUT2D eigenvalue weighted by atomic mass is 19.4. The van der Waals surface area contributed by atoms with Crippen LogP contribution in [0.15, 0.2) is 24.3 Å². The van der Waals surface area contributed by atoms with Crippen LogP contribution in [0.25, 0.3) is 0 Å². The molecule has 2 nitrogen and oxygen atoms in total. The third kappa shape index (κ3) is 5.96. The van der Waals surface area contributed by atoms with Gasteiger partial charge in [0.2, 0.25) is 0 Å². The number of alkyl halides is 3. The van der Waals surface area contributed by atoms with Gasteiger partial charge < -0.3 is 10.1 Å². The van der Waals surface area contributed by atoms with Gasteiger partial charge in [-0.3, -0.25) is 0 Å². The molecule has 108 valence electrons. The molecule has 0 fully saturated rings. The zero-order valence-corrected chi connectivity index (χ0v) is 11.4. The van der Waals surface area contributed by atoms with Gasteiger partial charge in [-0.25, -0.2) is 0 Å². The van der Waals surface area contributed by atoms with Gasteiger partial charge in [0.25, 0.3) is 0 Å². The first-order valence-electron chi connectivity index (χ1n) is 6.40. The minimum Gasteiger partial charge on any atom is -0.406 e. The van der Waals surface area contributed by atoms with Gasteiger partial charge in [0.05, 0.1) is 0 Å². The van der Waals surface area contributed by atoms with Crippen molar-refractivity contribution in [3.8, 4) is 5.75 Å². The summed E-state index contributed by atoms with van der Waals surface area (Å²) in [4.78, 5) is 0. The Morgan fingerprint density at radius 1 is 1.16 bits per heavy atom. The highest BCUT2D eigenvalue weighted by molar-refractivity contribution is 5.27. The van der Waals surface area contributed by atoms with Gasteiger partial charge in [-0.1, -0.05) is 32.9 Å². The van der Waals surface area contributed by atoms with Gasteiger partial charge in [0, 0.05) is 12.6 Å². The Balaban J connectivity index is 2.53. The minimum absolute atomic E-state index is 0.188. The topological polar surface area (TPSA) is 21.3 Å². The van der Waals surface area contributed by atoms with E-state index >= 15 is 0 Å². The second kappa shape index (κ2) is 6.80. The number of halogens is 3. The molecular formula is C14H20F3NO. The molecule has 0 heterocycles. The van der Waals surface area contributed by atoms with Crippen molar-refractivity contribution in [1.82, 2.24) is 5.32 Å². The lowest BCUT2D eigenvalue weighted by atomic mass is 10.0. The number of ether oxygens (including phenoxy) is 1. The number of hydrogen-bond acceptors (Lipinski definition) is 2. The second-order valence-corrected chi connectivity index (χ2v) is 4.83. The van der Waals surface area contributed by atoms with Crippen LogP contribution in [0, 0.1) is 5.92 Å². The van der Waals surface area contributed by atoms with Crippen LogP contribution in [0.1, 0.15) is 32.8 Å². The van der Waals surface area contributed by atoms with Crippen molar-refractivity contribution in [3.05, 3.63) is 29.8 Å². The molecule has 1 N–H and O–H groups in total. The van der Waals surface area contributed by atoms with Crippen molar-refractivity contribution in [2.24, 2.45) is 5.92 Å². The normalized spacial score (nSPS) is 13.6. The molecule has 1 aromatic rings. The van der Waals surface area contributed by atoms with E-state index in [1.165, 1.54) is 12.1 Å². The summed E-state index contributed by atoms with van der Waals surface area (Å²) in [7, 11) is 0. The van der Waals surface area contributed by atoms with E-state index in [4.69, 9.17) is 0 Å². The van der Waals surface area contributed by atoms with Crippen molar-refractivity contribution in [1.29, 1.82) is 0 Å². The molecule has 0 radical (unpaired) electrons. The molecule has 19 heavy (non-hydrogen) atoms. The molecule has 0 aliphatic carbocycles. The molecule has 0 amide bonds. The van der Waals surface area contributed by atoms with E-state index in [1.54, 1.807) is 12.1 Å². The van der Waals surface area contributed by atoms with Gasteiger partial charge in [-0.15, -0.1) is 13.2 Å². The minimum atomic E-state index is -4.63. The van der Waals surface area contributed by atoms with E-state index in [1.807, 2.05) is 0 Å². The maximum Gasteiger partial charge on any atom is 0.573 e. The molecule has 1 unspecified atom stereocenters. The first-order chi connectivity index (χ1) is 8.81. The summed E-state index contributed by atoms with van der Waals surface area (Å²) in [6.07, 6.45) is -3.61. The highest BCUT2D eigenvalue weighted by Gasteiger charge is 2.30. The molecule has 0 spiro atoms. The summed E-state index contributed by atoms with van der Waals surface area (Å²) in [5, 5.41) is 3.39. The fourth-order valence-corrected chi connectivity index (χ4v) is 1.91. The molecule has 0 bridgehead atoms. The van der Waals surface area contributed by atoms with Gasteiger partial charge in [0.15, 0.2) is 0 Å². The Bertz CT molecular complexity index is 373. The standard InChI is InChI=1S/C14H20F3NO/c1-4-13(10(2)3)18-9-11-5-7-12(8-6-11)19-14(15,16)17/h5-8,10,13,18H,4,9H2,1-3H3. The van der Waals surface area contributed by atoms with Crippen molar-refractivity contribution in [2.75, 3.05) is 0 Å². The third-order valence-electron chi connectivity index (χ3n) is 2.97. The van der Waals surface area contributed by atoms with Crippen molar-refractivity contribution >= 4 is 0 Å². The zero-order chi connectivity index (χ0) is 14.5. The SMILES string of the molecule is CCC(NCc1ccc(OC(F)(F)F)cc1)C(C)C. The number of benzene rings is 1. The Morgan fingerprint density at radius 3 is 2.16 bits per heavy atom. The van der Waals surface area contributed by atoms with E-state index in [0.29, 0.717) is 18.5 Å². The van der Waals surface area contributed by atoms with Crippen LogP contribution in [0.2, 0.25) is 0 Å². The van der Waals surface area contributed by atoms with E-state index in [9.17, 15) is 13.2 Å². The van der Waals surface area contributed by atoms with E-state index in [0.717, 1.165) is 12.0 Å². The zero-order valence-electron chi connectivity index (χ0n) is 11.4. The molecule has 0 aliphatic rings. The molecule has 0 saturated heterocycles. The molecule has 1 atom stereocenters. The average Bonchev–Trinajstić information content (AvgIpc) is 2.29. The van der Waals surface area contributed by atoms with Crippen LogP contribution < -0.4 is 10.1 Å². The van der Waals surface area contributed by atoms with Crippen LogP contribution in [0.4, 0.5) is 13.2 Å². The molecule has 1 aromatic carbocycles.